The summed E-state index contributed by atoms with van der Waals surface area (Å²) in [5, 5.41) is 0. The summed E-state index contributed by atoms with van der Waals surface area (Å²) in [5.41, 5.74) is 1.35. The number of benzene rings is 1. The fraction of sp³-hybridized carbons (Fsp3) is 0.600. The van der Waals surface area contributed by atoms with E-state index in [0.29, 0.717) is 49.7 Å². The highest BCUT2D eigenvalue weighted by molar-refractivity contribution is 5.97. The van der Waals surface area contributed by atoms with Crippen molar-refractivity contribution >= 4 is 11.8 Å². The fourth-order valence-corrected chi connectivity index (χ4v) is 3.35. The molecule has 6 heteroatoms. The SMILES string of the molecule is CCCCC(=O)N1CCCN(C(=O)c2ccc(OC)c(C)c2OC)CC1. The van der Waals surface area contributed by atoms with Crippen molar-refractivity contribution in [3.8, 4) is 11.5 Å². The second-order valence-corrected chi connectivity index (χ2v) is 6.60. The Bertz CT molecular complexity index is 645. The van der Waals surface area contributed by atoms with E-state index in [1.54, 1.807) is 26.4 Å². The first-order valence-electron chi connectivity index (χ1n) is 9.32. The standard InChI is InChI=1S/C20H30N2O4/c1-5-6-8-18(23)21-11-7-12-22(14-13-21)20(24)16-9-10-17(25-3)15(2)19(16)26-4/h9-10H,5-8,11-14H2,1-4H3. The highest BCUT2D eigenvalue weighted by Crippen LogP contribution is 2.32. The summed E-state index contributed by atoms with van der Waals surface area (Å²) in [6, 6.07) is 3.55. The van der Waals surface area contributed by atoms with Crippen LogP contribution in [0.3, 0.4) is 0 Å². The van der Waals surface area contributed by atoms with Gasteiger partial charge in [-0.1, -0.05) is 13.3 Å². The molecular formula is C20H30N2O4. The summed E-state index contributed by atoms with van der Waals surface area (Å²) in [6.07, 6.45) is 3.32. The Labute approximate surface area is 156 Å². The molecule has 1 fully saturated rings. The van der Waals surface area contributed by atoms with Crippen LogP contribution in [-0.2, 0) is 4.79 Å². The molecule has 1 aliphatic rings. The second kappa shape index (κ2) is 9.46. The van der Waals surface area contributed by atoms with Crippen LogP contribution < -0.4 is 9.47 Å². The van der Waals surface area contributed by atoms with Crippen molar-refractivity contribution < 1.29 is 19.1 Å². The van der Waals surface area contributed by atoms with Gasteiger partial charge in [0.05, 0.1) is 19.8 Å². The molecule has 1 aliphatic heterocycles. The lowest BCUT2D eigenvalue weighted by Crippen LogP contribution is -2.37. The zero-order chi connectivity index (χ0) is 19.1. The first kappa shape index (κ1) is 20.1. The van der Waals surface area contributed by atoms with Gasteiger partial charge in [0.2, 0.25) is 5.91 Å². The van der Waals surface area contributed by atoms with E-state index >= 15 is 0 Å². The first-order chi connectivity index (χ1) is 12.5. The molecule has 6 nitrogen and oxygen atoms in total. The molecule has 144 valence electrons. The molecule has 1 saturated heterocycles. The van der Waals surface area contributed by atoms with Crippen molar-refractivity contribution in [3.05, 3.63) is 23.3 Å². The zero-order valence-corrected chi connectivity index (χ0v) is 16.3. The Hall–Kier alpha value is -2.24. The predicted octanol–water partition coefficient (Wildman–Crippen LogP) is 2.88. The molecule has 0 unspecified atom stereocenters. The van der Waals surface area contributed by atoms with E-state index in [1.165, 1.54) is 0 Å². The molecule has 0 radical (unpaired) electrons. The van der Waals surface area contributed by atoms with Gasteiger partial charge in [-0.15, -0.1) is 0 Å². The molecular weight excluding hydrogens is 332 g/mol. The van der Waals surface area contributed by atoms with Gasteiger partial charge in [-0.2, -0.15) is 0 Å². The maximum atomic E-state index is 13.0. The van der Waals surface area contributed by atoms with E-state index < -0.39 is 0 Å². The Morgan fingerprint density at radius 2 is 1.73 bits per heavy atom. The molecule has 1 heterocycles. The Kier molecular flexibility index (Phi) is 7.30. The van der Waals surface area contributed by atoms with Crippen molar-refractivity contribution in [3.63, 3.8) is 0 Å². The monoisotopic (exact) mass is 362 g/mol. The van der Waals surface area contributed by atoms with Gasteiger partial charge in [-0.25, -0.2) is 0 Å². The number of amides is 2. The van der Waals surface area contributed by atoms with E-state index in [4.69, 9.17) is 9.47 Å². The number of nitrogens with zero attached hydrogens (tertiary/aromatic N) is 2. The van der Waals surface area contributed by atoms with Gasteiger partial charge in [0.25, 0.3) is 5.91 Å². The van der Waals surface area contributed by atoms with Crippen molar-refractivity contribution in [2.75, 3.05) is 40.4 Å². The van der Waals surface area contributed by atoms with Crippen LogP contribution in [0.4, 0.5) is 0 Å². The van der Waals surface area contributed by atoms with Crippen molar-refractivity contribution in [1.29, 1.82) is 0 Å². The third-order valence-electron chi connectivity index (χ3n) is 4.89. The third-order valence-corrected chi connectivity index (χ3v) is 4.89. The van der Waals surface area contributed by atoms with Gasteiger partial charge in [0.1, 0.15) is 11.5 Å². The highest BCUT2D eigenvalue weighted by atomic mass is 16.5. The Balaban J connectivity index is 2.11. The van der Waals surface area contributed by atoms with Gasteiger partial charge >= 0.3 is 0 Å². The van der Waals surface area contributed by atoms with Gasteiger partial charge in [-0.3, -0.25) is 9.59 Å². The van der Waals surface area contributed by atoms with E-state index in [9.17, 15) is 9.59 Å². The largest absolute Gasteiger partial charge is 0.496 e. The summed E-state index contributed by atoms with van der Waals surface area (Å²) < 4.78 is 10.8. The van der Waals surface area contributed by atoms with Crippen LogP contribution in [0, 0.1) is 6.92 Å². The number of carbonyl (C=O) groups excluding carboxylic acids is 2. The molecule has 1 aromatic rings. The molecule has 0 N–H and O–H groups in total. The van der Waals surface area contributed by atoms with Crippen LogP contribution in [0.2, 0.25) is 0 Å². The normalized spacial score (nSPS) is 14.8. The quantitative estimate of drug-likeness (QED) is 0.781. The number of ether oxygens (including phenoxy) is 2. The number of hydrogen-bond donors (Lipinski definition) is 0. The van der Waals surface area contributed by atoms with Crippen LogP contribution in [0.5, 0.6) is 11.5 Å². The molecule has 0 spiro atoms. The minimum absolute atomic E-state index is 0.0598. The van der Waals surface area contributed by atoms with E-state index in [0.717, 1.165) is 24.8 Å². The molecule has 2 amide bonds. The lowest BCUT2D eigenvalue weighted by Gasteiger charge is -2.23. The van der Waals surface area contributed by atoms with E-state index in [2.05, 4.69) is 6.92 Å². The zero-order valence-electron chi connectivity index (χ0n) is 16.3. The number of methoxy groups -OCH3 is 2. The number of rotatable bonds is 6. The van der Waals surface area contributed by atoms with Crippen LogP contribution >= 0.6 is 0 Å². The lowest BCUT2D eigenvalue weighted by atomic mass is 10.1. The molecule has 26 heavy (non-hydrogen) atoms. The molecule has 1 aromatic carbocycles. The van der Waals surface area contributed by atoms with Crippen LogP contribution in [0.25, 0.3) is 0 Å². The van der Waals surface area contributed by atoms with Crippen LogP contribution in [0.1, 0.15) is 48.5 Å². The molecule has 0 saturated carbocycles. The number of carbonyl (C=O) groups is 2. The summed E-state index contributed by atoms with van der Waals surface area (Å²) in [4.78, 5) is 29.0. The maximum absolute atomic E-state index is 13.0. The summed E-state index contributed by atoms with van der Waals surface area (Å²) in [7, 11) is 3.16. The summed E-state index contributed by atoms with van der Waals surface area (Å²) in [6.45, 7) is 6.46. The molecule has 0 aromatic heterocycles. The minimum atomic E-state index is -0.0598. The molecule has 0 aliphatic carbocycles. The summed E-state index contributed by atoms with van der Waals surface area (Å²) >= 11 is 0. The Morgan fingerprint density at radius 1 is 1.04 bits per heavy atom. The molecule has 0 atom stereocenters. The maximum Gasteiger partial charge on any atom is 0.257 e. The number of hydrogen-bond acceptors (Lipinski definition) is 4. The number of unbranched alkanes of at least 4 members (excludes halogenated alkanes) is 1. The third kappa shape index (κ3) is 4.48. The van der Waals surface area contributed by atoms with Crippen molar-refractivity contribution in [2.24, 2.45) is 0 Å². The van der Waals surface area contributed by atoms with Crippen LogP contribution in [0.15, 0.2) is 12.1 Å². The summed E-state index contributed by atoms with van der Waals surface area (Å²) in [5.74, 6) is 1.38. The lowest BCUT2D eigenvalue weighted by molar-refractivity contribution is -0.131. The Morgan fingerprint density at radius 3 is 2.38 bits per heavy atom. The minimum Gasteiger partial charge on any atom is -0.496 e. The van der Waals surface area contributed by atoms with Gasteiger partial charge in [-0.05, 0) is 31.9 Å². The van der Waals surface area contributed by atoms with Crippen LogP contribution in [-0.4, -0.2) is 62.0 Å². The average molecular weight is 362 g/mol. The molecule has 2 rings (SSSR count). The second-order valence-electron chi connectivity index (χ2n) is 6.60. The van der Waals surface area contributed by atoms with E-state index in [-0.39, 0.29) is 11.8 Å². The van der Waals surface area contributed by atoms with Gasteiger partial charge in [0.15, 0.2) is 0 Å². The topological polar surface area (TPSA) is 59.1 Å². The van der Waals surface area contributed by atoms with Gasteiger partial charge in [0, 0.05) is 38.2 Å². The molecule has 0 bridgehead atoms. The smallest absolute Gasteiger partial charge is 0.257 e. The van der Waals surface area contributed by atoms with Crippen molar-refractivity contribution in [1.82, 2.24) is 9.80 Å². The fourth-order valence-electron chi connectivity index (χ4n) is 3.35. The predicted molar refractivity (Wildman–Crippen MR) is 101 cm³/mol. The highest BCUT2D eigenvalue weighted by Gasteiger charge is 2.25. The van der Waals surface area contributed by atoms with Crippen molar-refractivity contribution in [2.45, 2.75) is 39.5 Å². The van der Waals surface area contributed by atoms with Gasteiger partial charge < -0.3 is 19.3 Å². The van der Waals surface area contributed by atoms with E-state index in [1.807, 2.05) is 16.7 Å². The first-order valence-corrected chi connectivity index (χ1v) is 9.32. The average Bonchev–Trinajstić information content (AvgIpc) is 2.91.